The molecule has 2 aromatic rings. The highest BCUT2D eigenvalue weighted by molar-refractivity contribution is 5.85. The van der Waals surface area contributed by atoms with Gasteiger partial charge in [-0.15, -0.1) is 0 Å². The SMILES string of the molecule is Cc1cc(N[C@H]2CCN(CC(=O)N3C[C@@H](F)C[C@H]3C#N)C2)cc2cccnc12. The Kier molecular flexibility index (Phi) is 5.14. The van der Waals surface area contributed by atoms with Gasteiger partial charge in [0.05, 0.1) is 24.7 Å². The Hall–Kier alpha value is -2.72. The van der Waals surface area contributed by atoms with Crippen LogP contribution in [0.2, 0.25) is 0 Å². The molecule has 1 aromatic heterocycles. The van der Waals surface area contributed by atoms with Gasteiger partial charge in [0.15, 0.2) is 0 Å². The Bertz CT molecular complexity index is 927. The van der Waals surface area contributed by atoms with Gasteiger partial charge in [0.2, 0.25) is 5.91 Å². The van der Waals surface area contributed by atoms with Crippen LogP contribution in [0.3, 0.4) is 0 Å². The van der Waals surface area contributed by atoms with Crippen LogP contribution in [0, 0.1) is 18.3 Å². The van der Waals surface area contributed by atoms with E-state index in [1.165, 1.54) is 4.90 Å². The summed E-state index contributed by atoms with van der Waals surface area (Å²) in [6.07, 6.45) is 1.77. The normalized spacial score (nSPS) is 25.2. The zero-order valence-electron chi connectivity index (χ0n) is 15.9. The second-order valence-electron chi connectivity index (χ2n) is 7.76. The number of halogens is 1. The molecule has 1 aromatic carbocycles. The first-order valence-electron chi connectivity index (χ1n) is 9.71. The molecule has 0 radical (unpaired) electrons. The second kappa shape index (κ2) is 7.72. The summed E-state index contributed by atoms with van der Waals surface area (Å²) in [5.41, 5.74) is 3.19. The first-order valence-corrected chi connectivity index (χ1v) is 9.71. The third-order valence-electron chi connectivity index (χ3n) is 5.62. The van der Waals surface area contributed by atoms with E-state index in [2.05, 4.69) is 40.3 Å². The Labute approximate surface area is 163 Å². The Morgan fingerprint density at radius 1 is 1.43 bits per heavy atom. The molecule has 0 saturated carbocycles. The quantitative estimate of drug-likeness (QED) is 0.881. The molecule has 2 saturated heterocycles. The van der Waals surface area contributed by atoms with Crippen LogP contribution >= 0.6 is 0 Å². The number of hydrogen-bond donors (Lipinski definition) is 1. The number of carbonyl (C=O) groups excluding carboxylic acids is 1. The number of aryl methyl sites for hydroxylation is 1. The van der Waals surface area contributed by atoms with Crippen LogP contribution in [0.5, 0.6) is 0 Å². The van der Waals surface area contributed by atoms with Crippen LogP contribution in [0.4, 0.5) is 10.1 Å². The van der Waals surface area contributed by atoms with Crippen molar-refractivity contribution in [3.05, 3.63) is 36.0 Å². The lowest BCUT2D eigenvalue weighted by atomic mass is 10.1. The molecule has 3 atom stereocenters. The fraction of sp³-hybridized carbons (Fsp3) is 0.476. The van der Waals surface area contributed by atoms with E-state index in [1.807, 2.05) is 12.1 Å². The molecule has 0 bridgehead atoms. The summed E-state index contributed by atoms with van der Waals surface area (Å²) in [5, 5.41) is 13.8. The molecule has 0 unspecified atom stereocenters. The van der Waals surface area contributed by atoms with E-state index in [0.717, 1.165) is 41.7 Å². The number of pyridine rings is 1. The van der Waals surface area contributed by atoms with Gasteiger partial charge in [0, 0.05) is 42.8 Å². The number of amides is 1. The monoisotopic (exact) mass is 381 g/mol. The van der Waals surface area contributed by atoms with Gasteiger partial charge in [-0.05, 0) is 37.1 Å². The zero-order chi connectivity index (χ0) is 19.7. The molecule has 4 rings (SSSR count). The number of likely N-dealkylation sites (tertiary alicyclic amines) is 2. The molecule has 28 heavy (non-hydrogen) atoms. The predicted molar refractivity (Wildman–Crippen MR) is 106 cm³/mol. The van der Waals surface area contributed by atoms with E-state index in [-0.39, 0.29) is 31.5 Å². The van der Waals surface area contributed by atoms with E-state index in [1.54, 1.807) is 6.20 Å². The van der Waals surface area contributed by atoms with E-state index in [9.17, 15) is 9.18 Å². The summed E-state index contributed by atoms with van der Waals surface area (Å²) < 4.78 is 13.6. The largest absolute Gasteiger partial charge is 0.381 e. The minimum Gasteiger partial charge on any atom is -0.381 e. The topological polar surface area (TPSA) is 72.3 Å². The average molecular weight is 381 g/mol. The number of fused-ring (bicyclic) bond motifs is 1. The van der Waals surface area contributed by atoms with Crippen molar-refractivity contribution in [2.75, 3.05) is 31.5 Å². The Morgan fingerprint density at radius 2 is 2.29 bits per heavy atom. The summed E-state index contributed by atoms with van der Waals surface area (Å²) in [6, 6.07) is 9.86. The highest BCUT2D eigenvalue weighted by atomic mass is 19.1. The maximum Gasteiger partial charge on any atom is 0.237 e. The molecule has 6 nitrogen and oxygen atoms in total. The van der Waals surface area contributed by atoms with Crippen LogP contribution in [0.1, 0.15) is 18.4 Å². The third-order valence-corrected chi connectivity index (χ3v) is 5.62. The predicted octanol–water partition coefficient (Wildman–Crippen LogP) is 2.49. The first-order chi connectivity index (χ1) is 13.5. The summed E-state index contributed by atoms with van der Waals surface area (Å²) in [4.78, 5) is 20.4. The molecule has 2 fully saturated rings. The van der Waals surface area contributed by atoms with Crippen molar-refractivity contribution in [1.82, 2.24) is 14.8 Å². The van der Waals surface area contributed by atoms with Crippen molar-refractivity contribution in [1.29, 1.82) is 5.26 Å². The van der Waals surface area contributed by atoms with Crippen molar-refractivity contribution in [2.24, 2.45) is 0 Å². The van der Waals surface area contributed by atoms with E-state index < -0.39 is 12.2 Å². The van der Waals surface area contributed by atoms with Crippen LogP contribution in [-0.2, 0) is 4.79 Å². The molecule has 1 amide bonds. The van der Waals surface area contributed by atoms with Gasteiger partial charge in [-0.1, -0.05) is 6.07 Å². The van der Waals surface area contributed by atoms with Gasteiger partial charge >= 0.3 is 0 Å². The second-order valence-corrected chi connectivity index (χ2v) is 7.76. The number of nitriles is 1. The molecule has 3 heterocycles. The highest BCUT2D eigenvalue weighted by Crippen LogP contribution is 2.24. The molecule has 2 aliphatic rings. The number of hydrogen-bond acceptors (Lipinski definition) is 5. The van der Waals surface area contributed by atoms with Crippen molar-refractivity contribution in [3.63, 3.8) is 0 Å². The van der Waals surface area contributed by atoms with Gasteiger partial charge in [0.25, 0.3) is 0 Å². The van der Waals surface area contributed by atoms with Gasteiger partial charge < -0.3 is 10.2 Å². The molecular weight excluding hydrogens is 357 g/mol. The summed E-state index contributed by atoms with van der Waals surface area (Å²) in [7, 11) is 0. The van der Waals surface area contributed by atoms with Crippen LogP contribution < -0.4 is 5.32 Å². The van der Waals surface area contributed by atoms with Crippen molar-refractivity contribution in [2.45, 2.75) is 38.0 Å². The molecule has 146 valence electrons. The highest BCUT2D eigenvalue weighted by Gasteiger charge is 2.36. The molecule has 7 heteroatoms. The average Bonchev–Trinajstić information content (AvgIpc) is 3.27. The van der Waals surface area contributed by atoms with Gasteiger partial charge in [-0.25, -0.2) is 4.39 Å². The minimum absolute atomic E-state index is 0.0387. The fourth-order valence-corrected chi connectivity index (χ4v) is 4.25. The number of aromatic nitrogens is 1. The molecule has 2 aliphatic heterocycles. The smallest absolute Gasteiger partial charge is 0.237 e. The van der Waals surface area contributed by atoms with Crippen molar-refractivity contribution in [3.8, 4) is 6.07 Å². The molecular formula is C21H24FN5O. The van der Waals surface area contributed by atoms with Crippen molar-refractivity contribution < 1.29 is 9.18 Å². The van der Waals surface area contributed by atoms with Gasteiger partial charge in [-0.3, -0.25) is 14.7 Å². The summed E-state index contributed by atoms with van der Waals surface area (Å²) in [5.74, 6) is -0.153. The van der Waals surface area contributed by atoms with Crippen LogP contribution in [-0.4, -0.2) is 65.1 Å². The van der Waals surface area contributed by atoms with Crippen molar-refractivity contribution >= 4 is 22.5 Å². The Morgan fingerprint density at radius 3 is 3.11 bits per heavy atom. The number of nitrogens with one attached hydrogen (secondary N) is 1. The van der Waals surface area contributed by atoms with E-state index >= 15 is 0 Å². The molecule has 1 N–H and O–H groups in total. The summed E-state index contributed by atoms with van der Waals surface area (Å²) in [6.45, 7) is 3.89. The summed E-state index contributed by atoms with van der Waals surface area (Å²) >= 11 is 0. The minimum atomic E-state index is -1.09. The lowest BCUT2D eigenvalue weighted by molar-refractivity contribution is -0.132. The lowest BCUT2D eigenvalue weighted by Gasteiger charge is -2.23. The number of benzene rings is 1. The zero-order valence-corrected chi connectivity index (χ0v) is 15.9. The maximum absolute atomic E-state index is 13.6. The van der Waals surface area contributed by atoms with Crippen LogP contribution in [0.15, 0.2) is 30.5 Å². The van der Waals surface area contributed by atoms with Crippen LogP contribution in [0.25, 0.3) is 10.9 Å². The van der Waals surface area contributed by atoms with E-state index in [0.29, 0.717) is 0 Å². The third kappa shape index (κ3) is 3.78. The fourth-order valence-electron chi connectivity index (χ4n) is 4.25. The van der Waals surface area contributed by atoms with Gasteiger partial charge in [0.1, 0.15) is 12.2 Å². The standard InChI is InChI=1S/C21H24FN5O/c1-14-7-18(8-15-3-2-5-24-21(14)15)25-17-4-6-26(12-17)13-20(28)27-11-16(22)9-19(27)10-23/h2-3,5,7-8,16-17,19,25H,4,6,9,11-13H2,1H3/t16-,17-,19-/m0/s1. The number of alkyl halides is 1. The Balaban J connectivity index is 1.36. The number of carbonyl (C=O) groups is 1. The maximum atomic E-state index is 13.6. The van der Waals surface area contributed by atoms with E-state index in [4.69, 9.17) is 5.26 Å². The lowest BCUT2D eigenvalue weighted by Crippen LogP contribution is -2.42. The molecule has 0 aliphatic carbocycles. The number of nitrogens with zero attached hydrogens (tertiary/aromatic N) is 4. The number of anilines is 1. The molecule has 0 spiro atoms. The van der Waals surface area contributed by atoms with Gasteiger partial charge in [-0.2, -0.15) is 5.26 Å². The first kappa shape index (κ1) is 18.6. The number of rotatable bonds is 4.